The molecule has 1 saturated heterocycles. The second-order valence-corrected chi connectivity index (χ2v) is 5.84. The molecule has 6 nitrogen and oxygen atoms in total. The van der Waals surface area contributed by atoms with Gasteiger partial charge in [0, 0.05) is 18.0 Å². The Morgan fingerprint density at radius 1 is 1.30 bits per heavy atom. The van der Waals surface area contributed by atoms with Crippen LogP contribution in [0.5, 0.6) is 0 Å². The van der Waals surface area contributed by atoms with E-state index in [0.29, 0.717) is 12.0 Å². The maximum absolute atomic E-state index is 5.44. The Labute approximate surface area is 117 Å². The Morgan fingerprint density at radius 3 is 3.05 bits per heavy atom. The van der Waals surface area contributed by atoms with Crippen molar-refractivity contribution in [2.75, 3.05) is 6.54 Å². The molecular weight excluding hydrogens is 254 g/mol. The van der Waals surface area contributed by atoms with Gasteiger partial charge in [-0.05, 0) is 32.2 Å². The van der Waals surface area contributed by atoms with Crippen LogP contribution in [0.3, 0.4) is 0 Å². The van der Waals surface area contributed by atoms with Crippen molar-refractivity contribution in [3.63, 3.8) is 0 Å². The van der Waals surface area contributed by atoms with Crippen LogP contribution in [-0.4, -0.2) is 31.8 Å². The number of hydrogen-bond donors (Lipinski definition) is 1. The molecule has 2 aliphatic rings. The molecule has 0 aromatic carbocycles. The zero-order chi connectivity index (χ0) is 13.4. The van der Waals surface area contributed by atoms with E-state index in [1.807, 2.05) is 6.20 Å². The number of aromatic nitrogens is 4. The van der Waals surface area contributed by atoms with Crippen LogP contribution in [-0.2, 0) is 6.54 Å². The lowest BCUT2D eigenvalue weighted by molar-refractivity contribution is 0.133. The van der Waals surface area contributed by atoms with Crippen molar-refractivity contribution in [1.29, 1.82) is 0 Å². The summed E-state index contributed by atoms with van der Waals surface area (Å²) in [5.41, 5.74) is 1.25. The van der Waals surface area contributed by atoms with Gasteiger partial charge in [0.15, 0.2) is 0 Å². The summed E-state index contributed by atoms with van der Waals surface area (Å²) >= 11 is 0. The zero-order valence-electron chi connectivity index (χ0n) is 11.5. The highest BCUT2D eigenvalue weighted by atomic mass is 16.5. The number of nitrogens with one attached hydrogen (secondary N) is 1. The number of hydrogen-bond acceptors (Lipinski definition) is 5. The van der Waals surface area contributed by atoms with Crippen LogP contribution in [0.1, 0.15) is 61.2 Å². The number of aromatic amines is 1. The minimum absolute atomic E-state index is 0.341. The van der Waals surface area contributed by atoms with Gasteiger partial charge in [0.05, 0.1) is 12.2 Å². The van der Waals surface area contributed by atoms with Gasteiger partial charge < -0.3 is 4.52 Å². The Kier molecular flexibility index (Phi) is 3.03. The van der Waals surface area contributed by atoms with Crippen LogP contribution in [0.2, 0.25) is 0 Å². The standard InChI is InChI=1S/C14H19N5O/c1-2-6-19(12(3-1)14-15-9-16-18-14)8-11-7-17-20-13(11)10-4-5-10/h7,9-10,12H,1-6,8H2,(H,15,16,18). The van der Waals surface area contributed by atoms with E-state index in [4.69, 9.17) is 4.52 Å². The van der Waals surface area contributed by atoms with Gasteiger partial charge in [-0.2, -0.15) is 5.10 Å². The van der Waals surface area contributed by atoms with Crippen molar-refractivity contribution in [2.24, 2.45) is 0 Å². The van der Waals surface area contributed by atoms with Gasteiger partial charge in [0.1, 0.15) is 17.9 Å². The van der Waals surface area contributed by atoms with Gasteiger partial charge in [-0.1, -0.05) is 11.6 Å². The van der Waals surface area contributed by atoms with Crippen LogP contribution in [0.4, 0.5) is 0 Å². The summed E-state index contributed by atoms with van der Waals surface area (Å²) in [7, 11) is 0. The molecule has 1 unspecified atom stereocenters. The molecule has 4 rings (SSSR count). The second-order valence-electron chi connectivity index (χ2n) is 5.84. The summed E-state index contributed by atoms with van der Waals surface area (Å²) in [4.78, 5) is 6.82. The van der Waals surface area contributed by atoms with E-state index in [0.717, 1.165) is 31.1 Å². The SMILES string of the molecule is c1n[nH]c(C2CCCCN2Cc2cnoc2C2CC2)n1. The third-order valence-electron chi connectivity index (χ3n) is 4.36. The number of piperidine rings is 1. The monoisotopic (exact) mass is 273 g/mol. The third-order valence-corrected chi connectivity index (χ3v) is 4.36. The molecular formula is C14H19N5O. The van der Waals surface area contributed by atoms with Gasteiger partial charge in [-0.15, -0.1) is 0 Å². The average Bonchev–Trinajstić information content (AvgIpc) is 3.00. The molecule has 2 fully saturated rings. The first-order valence-corrected chi connectivity index (χ1v) is 7.44. The number of rotatable bonds is 4. The maximum atomic E-state index is 5.44. The molecule has 1 aliphatic carbocycles. The van der Waals surface area contributed by atoms with Gasteiger partial charge in [0.2, 0.25) is 0 Å². The summed E-state index contributed by atoms with van der Waals surface area (Å²) < 4.78 is 5.44. The topological polar surface area (TPSA) is 70.8 Å². The molecule has 0 bridgehead atoms. The fourth-order valence-corrected chi connectivity index (χ4v) is 3.15. The van der Waals surface area contributed by atoms with Crippen LogP contribution in [0.25, 0.3) is 0 Å². The second kappa shape index (κ2) is 5.01. The third kappa shape index (κ3) is 2.24. The Bertz CT molecular complexity index is 560. The van der Waals surface area contributed by atoms with Crippen LogP contribution in [0, 0.1) is 0 Å². The zero-order valence-corrected chi connectivity index (χ0v) is 11.5. The number of H-pyrrole nitrogens is 1. The minimum atomic E-state index is 0.341. The minimum Gasteiger partial charge on any atom is -0.361 e. The summed E-state index contributed by atoms with van der Waals surface area (Å²) in [6.45, 7) is 2.00. The first-order valence-electron chi connectivity index (χ1n) is 7.44. The number of likely N-dealkylation sites (tertiary alicyclic amines) is 1. The van der Waals surface area contributed by atoms with E-state index in [1.54, 1.807) is 6.33 Å². The molecule has 0 spiro atoms. The highest BCUT2D eigenvalue weighted by molar-refractivity contribution is 5.21. The highest BCUT2D eigenvalue weighted by Crippen LogP contribution is 2.42. The first kappa shape index (κ1) is 12.1. The molecule has 1 saturated carbocycles. The molecule has 20 heavy (non-hydrogen) atoms. The molecule has 6 heteroatoms. The molecule has 106 valence electrons. The van der Waals surface area contributed by atoms with Crippen molar-refractivity contribution in [1.82, 2.24) is 25.2 Å². The average molecular weight is 273 g/mol. The summed E-state index contributed by atoms with van der Waals surface area (Å²) in [6.07, 6.45) is 9.60. The van der Waals surface area contributed by atoms with Gasteiger partial charge in [-0.3, -0.25) is 10.00 Å². The van der Waals surface area contributed by atoms with Crippen molar-refractivity contribution in [3.05, 3.63) is 29.7 Å². The molecule has 0 radical (unpaired) electrons. The summed E-state index contributed by atoms with van der Waals surface area (Å²) in [5.74, 6) is 2.70. The van der Waals surface area contributed by atoms with Gasteiger partial charge in [0.25, 0.3) is 0 Å². The lowest BCUT2D eigenvalue weighted by Crippen LogP contribution is -2.33. The summed E-state index contributed by atoms with van der Waals surface area (Å²) in [6, 6.07) is 0.341. The van der Waals surface area contributed by atoms with Crippen LogP contribution >= 0.6 is 0 Å². The molecule has 3 heterocycles. The van der Waals surface area contributed by atoms with E-state index in [2.05, 4.69) is 25.2 Å². The van der Waals surface area contributed by atoms with Crippen LogP contribution in [0.15, 0.2) is 17.0 Å². The lowest BCUT2D eigenvalue weighted by Gasteiger charge is -2.34. The molecule has 2 aromatic rings. The molecule has 1 atom stereocenters. The fourth-order valence-electron chi connectivity index (χ4n) is 3.15. The van der Waals surface area contributed by atoms with E-state index < -0.39 is 0 Å². The fraction of sp³-hybridized carbons (Fsp3) is 0.643. The normalized spacial score (nSPS) is 24.1. The molecule has 0 amide bonds. The molecule has 1 aliphatic heterocycles. The molecule has 1 N–H and O–H groups in total. The highest BCUT2D eigenvalue weighted by Gasteiger charge is 2.32. The quantitative estimate of drug-likeness (QED) is 0.926. The van der Waals surface area contributed by atoms with Crippen molar-refractivity contribution in [2.45, 2.75) is 50.6 Å². The van der Waals surface area contributed by atoms with E-state index in [1.165, 1.54) is 31.2 Å². The van der Waals surface area contributed by atoms with Crippen molar-refractivity contribution >= 4 is 0 Å². The van der Waals surface area contributed by atoms with Gasteiger partial charge in [-0.25, -0.2) is 4.98 Å². The van der Waals surface area contributed by atoms with E-state index in [9.17, 15) is 0 Å². The Hall–Kier alpha value is -1.69. The predicted molar refractivity (Wildman–Crippen MR) is 71.9 cm³/mol. The maximum Gasteiger partial charge on any atom is 0.144 e. The van der Waals surface area contributed by atoms with Gasteiger partial charge >= 0.3 is 0 Å². The van der Waals surface area contributed by atoms with Crippen LogP contribution < -0.4 is 0 Å². The van der Waals surface area contributed by atoms with Crippen molar-refractivity contribution in [3.8, 4) is 0 Å². The predicted octanol–water partition coefficient (Wildman–Crippen LogP) is 2.40. The first-order chi connectivity index (χ1) is 9.92. The Balaban J connectivity index is 1.54. The summed E-state index contributed by atoms with van der Waals surface area (Å²) in [5, 5.41) is 11.0. The largest absolute Gasteiger partial charge is 0.361 e. The smallest absolute Gasteiger partial charge is 0.144 e. The Morgan fingerprint density at radius 2 is 2.25 bits per heavy atom. The van der Waals surface area contributed by atoms with E-state index in [-0.39, 0.29) is 0 Å². The molecule has 2 aromatic heterocycles. The number of nitrogens with zero attached hydrogens (tertiary/aromatic N) is 4. The van der Waals surface area contributed by atoms with Crippen molar-refractivity contribution < 1.29 is 4.52 Å². The lowest BCUT2D eigenvalue weighted by atomic mass is 10.0. The van der Waals surface area contributed by atoms with E-state index >= 15 is 0 Å².